The van der Waals surface area contributed by atoms with E-state index in [9.17, 15) is 9.59 Å². The zero-order chi connectivity index (χ0) is 14.5. The minimum absolute atomic E-state index is 0.169. The highest BCUT2D eigenvalue weighted by Gasteiger charge is 2.25. The molecule has 0 aromatic heterocycles. The standard InChI is InChI=1S/C13H17ClN2O3/c1-13(2,12(18)19)15-8-7-11(17)16-10-6-4-3-5-9(10)14/h3-6,15H,7-8H2,1-2H3,(H,16,17)(H,18,19). The molecular weight excluding hydrogens is 268 g/mol. The summed E-state index contributed by atoms with van der Waals surface area (Å²) in [7, 11) is 0. The number of aliphatic carboxylic acids is 1. The van der Waals surface area contributed by atoms with Crippen LogP contribution in [0.5, 0.6) is 0 Å². The van der Waals surface area contributed by atoms with E-state index in [4.69, 9.17) is 16.7 Å². The van der Waals surface area contributed by atoms with Crippen molar-refractivity contribution in [1.29, 1.82) is 0 Å². The molecular formula is C13H17ClN2O3. The molecule has 1 rings (SSSR count). The van der Waals surface area contributed by atoms with Gasteiger partial charge in [0, 0.05) is 13.0 Å². The lowest BCUT2D eigenvalue weighted by atomic mass is 10.1. The number of hydrogen-bond acceptors (Lipinski definition) is 3. The van der Waals surface area contributed by atoms with Crippen LogP contribution in [0.1, 0.15) is 20.3 Å². The van der Waals surface area contributed by atoms with Crippen LogP contribution in [0.3, 0.4) is 0 Å². The molecule has 0 aliphatic rings. The minimum atomic E-state index is -1.05. The van der Waals surface area contributed by atoms with Gasteiger partial charge in [0.2, 0.25) is 5.91 Å². The third kappa shape index (κ3) is 4.89. The predicted molar refractivity (Wildman–Crippen MR) is 74.4 cm³/mol. The summed E-state index contributed by atoms with van der Waals surface area (Å²) in [5, 5.41) is 14.8. The van der Waals surface area contributed by atoms with E-state index in [2.05, 4.69) is 10.6 Å². The summed E-state index contributed by atoms with van der Waals surface area (Å²) in [5.41, 5.74) is -0.503. The Morgan fingerprint density at radius 3 is 2.53 bits per heavy atom. The van der Waals surface area contributed by atoms with E-state index in [0.29, 0.717) is 10.7 Å². The highest BCUT2D eigenvalue weighted by atomic mass is 35.5. The number of nitrogens with one attached hydrogen (secondary N) is 2. The maximum Gasteiger partial charge on any atom is 0.323 e. The first-order valence-electron chi connectivity index (χ1n) is 5.86. The van der Waals surface area contributed by atoms with Gasteiger partial charge < -0.3 is 15.7 Å². The van der Waals surface area contributed by atoms with Crippen molar-refractivity contribution in [3.8, 4) is 0 Å². The SMILES string of the molecule is CC(C)(NCCC(=O)Nc1ccccc1Cl)C(=O)O. The van der Waals surface area contributed by atoms with Crippen molar-refractivity contribution in [2.75, 3.05) is 11.9 Å². The number of para-hydroxylation sites is 1. The van der Waals surface area contributed by atoms with E-state index in [1.165, 1.54) is 0 Å². The average Bonchev–Trinajstić information content (AvgIpc) is 2.31. The van der Waals surface area contributed by atoms with E-state index >= 15 is 0 Å². The third-order valence-electron chi connectivity index (χ3n) is 2.60. The number of benzene rings is 1. The molecule has 3 N–H and O–H groups in total. The molecule has 5 nitrogen and oxygen atoms in total. The maximum absolute atomic E-state index is 11.7. The smallest absolute Gasteiger partial charge is 0.323 e. The molecule has 104 valence electrons. The Morgan fingerprint density at radius 1 is 1.32 bits per heavy atom. The molecule has 0 fully saturated rings. The molecule has 1 aromatic rings. The Labute approximate surface area is 117 Å². The molecule has 0 spiro atoms. The number of rotatable bonds is 6. The second kappa shape index (κ2) is 6.54. The zero-order valence-corrected chi connectivity index (χ0v) is 11.6. The monoisotopic (exact) mass is 284 g/mol. The highest BCUT2D eigenvalue weighted by Crippen LogP contribution is 2.20. The van der Waals surface area contributed by atoms with Gasteiger partial charge >= 0.3 is 5.97 Å². The molecule has 1 aromatic carbocycles. The first kappa shape index (κ1) is 15.5. The average molecular weight is 285 g/mol. The second-order valence-electron chi connectivity index (χ2n) is 4.63. The molecule has 0 radical (unpaired) electrons. The first-order valence-corrected chi connectivity index (χ1v) is 6.23. The fourth-order valence-corrected chi connectivity index (χ4v) is 1.52. The number of anilines is 1. The molecule has 0 atom stereocenters. The molecule has 0 aliphatic heterocycles. The van der Waals surface area contributed by atoms with Crippen molar-refractivity contribution in [2.24, 2.45) is 0 Å². The van der Waals surface area contributed by atoms with Crippen molar-refractivity contribution < 1.29 is 14.7 Å². The van der Waals surface area contributed by atoms with Crippen LogP contribution in [0.4, 0.5) is 5.69 Å². The molecule has 19 heavy (non-hydrogen) atoms. The molecule has 0 heterocycles. The van der Waals surface area contributed by atoms with Gasteiger partial charge in [0.1, 0.15) is 5.54 Å². The Balaban J connectivity index is 2.41. The number of carboxylic acids is 1. The van der Waals surface area contributed by atoms with Crippen LogP contribution in [0.15, 0.2) is 24.3 Å². The van der Waals surface area contributed by atoms with Crippen molar-refractivity contribution in [3.05, 3.63) is 29.3 Å². The normalized spacial score (nSPS) is 11.1. The van der Waals surface area contributed by atoms with Gasteiger partial charge in [-0.25, -0.2) is 0 Å². The van der Waals surface area contributed by atoms with Crippen LogP contribution < -0.4 is 10.6 Å². The van der Waals surface area contributed by atoms with Gasteiger partial charge in [0.15, 0.2) is 0 Å². The Bertz CT molecular complexity index is 475. The lowest BCUT2D eigenvalue weighted by Crippen LogP contribution is -2.47. The van der Waals surface area contributed by atoms with Crippen molar-refractivity contribution in [2.45, 2.75) is 25.8 Å². The summed E-state index contributed by atoms with van der Waals surface area (Å²) >= 11 is 5.91. The topological polar surface area (TPSA) is 78.4 Å². The van der Waals surface area contributed by atoms with E-state index in [0.717, 1.165) is 0 Å². The largest absolute Gasteiger partial charge is 0.480 e. The summed E-state index contributed by atoms with van der Waals surface area (Å²) in [5.74, 6) is -1.18. The van der Waals surface area contributed by atoms with Gasteiger partial charge in [-0.1, -0.05) is 23.7 Å². The van der Waals surface area contributed by atoms with Crippen LogP contribution in [0.2, 0.25) is 5.02 Å². The molecule has 0 saturated carbocycles. The lowest BCUT2D eigenvalue weighted by Gasteiger charge is -2.20. The van der Waals surface area contributed by atoms with Crippen LogP contribution in [-0.4, -0.2) is 29.1 Å². The predicted octanol–water partition coefficient (Wildman–Crippen LogP) is 2.12. The van der Waals surface area contributed by atoms with Gasteiger partial charge in [-0.2, -0.15) is 0 Å². The van der Waals surface area contributed by atoms with Gasteiger partial charge in [-0.15, -0.1) is 0 Å². The van der Waals surface area contributed by atoms with Gasteiger partial charge in [-0.05, 0) is 26.0 Å². The van der Waals surface area contributed by atoms with Crippen LogP contribution in [0.25, 0.3) is 0 Å². The Kier molecular flexibility index (Phi) is 5.32. The third-order valence-corrected chi connectivity index (χ3v) is 2.93. The number of carbonyl (C=O) groups excluding carboxylic acids is 1. The van der Waals surface area contributed by atoms with Crippen LogP contribution in [-0.2, 0) is 9.59 Å². The molecule has 0 bridgehead atoms. The van der Waals surface area contributed by atoms with Gasteiger partial charge in [-0.3, -0.25) is 9.59 Å². The lowest BCUT2D eigenvalue weighted by molar-refractivity contribution is -0.143. The number of hydrogen-bond donors (Lipinski definition) is 3. The second-order valence-corrected chi connectivity index (χ2v) is 5.04. The number of carboxylic acid groups (broad SMARTS) is 1. The van der Waals surface area contributed by atoms with Crippen LogP contribution >= 0.6 is 11.6 Å². The van der Waals surface area contributed by atoms with E-state index in [1.54, 1.807) is 38.1 Å². The summed E-state index contributed by atoms with van der Waals surface area (Å²) < 4.78 is 0. The van der Waals surface area contributed by atoms with Crippen LogP contribution in [0, 0.1) is 0 Å². The van der Waals surface area contributed by atoms with E-state index in [1.807, 2.05) is 0 Å². The fourth-order valence-electron chi connectivity index (χ4n) is 1.34. The fraction of sp³-hybridized carbons (Fsp3) is 0.385. The Hall–Kier alpha value is -1.59. The maximum atomic E-state index is 11.7. The van der Waals surface area contributed by atoms with Gasteiger partial charge in [0.25, 0.3) is 0 Å². The van der Waals surface area contributed by atoms with Crippen molar-refractivity contribution >= 4 is 29.2 Å². The zero-order valence-electron chi connectivity index (χ0n) is 10.9. The molecule has 6 heteroatoms. The molecule has 1 amide bonds. The summed E-state index contributed by atoms with van der Waals surface area (Å²) in [6, 6.07) is 6.93. The Morgan fingerprint density at radius 2 is 1.95 bits per heavy atom. The quantitative estimate of drug-likeness (QED) is 0.748. The summed E-state index contributed by atoms with van der Waals surface area (Å²) in [4.78, 5) is 22.5. The molecule has 0 saturated heterocycles. The number of halogens is 1. The van der Waals surface area contributed by atoms with E-state index < -0.39 is 11.5 Å². The van der Waals surface area contributed by atoms with Crippen molar-refractivity contribution in [3.63, 3.8) is 0 Å². The van der Waals surface area contributed by atoms with Gasteiger partial charge in [0.05, 0.1) is 10.7 Å². The molecule has 0 aliphatic carbocycles. The summed E-state index contributed by atoms with van der Waals surface area (Å²) in [6.45, 7) is 3.36. The number of carbonyl (C=O) groups is 2. The number of amides is 1. The summed E-state index contributed by atoms with van der Waals surface area (Å²) in [6.07, 6.45) is 0.169. The van der Waals surface area contributed by atoms with E-state index in [-0.39, 0.29) is 18.9 Å². The minimum Gasteiger partial charge on any atom is -0.480 e. The first-order chi connectivity index (χ1) is 8.83. The molecule has 0 unspecified atom stereocenters. The van der Waals surface area contributed by atoms with Crippen molar-refractivity contribution in [1.82, 2.24) is 5.32 Å². The highest BCUT2D eigenvalue weighted by molar-refractivity contribution is 6.33.